The summed E-state index contributed by atoms with van der Waals surface area (Å²) in [6.07, 6.45) is 0.0272. The Morgan fingerprint density at radius 1 is 1.03 bits per heavy atom. The molecule has 5 rings (SSSR count). The third-order valence-corrected chi connectivity index (χ3v) is 6.75. The number of ether oxygens (including phenoxy) is 1. The maximum absolute atomic E-state index is 15.3. The highest BCUT2D eigenvalue weighted by Crippen LogP contribution is 2.43. The van der Waals surface area contributed by atoms with Crippen molar-refractivity contribution in [3.05, 3.63) is 106 Å². The summed E-state index contributed by atoms with van der Waals surface area (Å²) in [6.45, 7) is 1.68. The van der Waals surface area contributed by atoms with Crippen molar-refractivity contribution in [3.8, 4) is 0 Å². The highest BCUT2D eigenvalue weighted by atomic mass is 19.2. The molecule has 1 aliphatic rings. The van der Waals surface area contributed by atoms with Gasteiger partial charge >= 0.3 is 11.9 Å². The molecule has 0 aliphatic carbocycles. The fraction of sp³-hybridized carbons (Fsp3) is 0.179. The molecule has 0 saturated heterocycles. The Morgan fingerprint density at radius 2 is 1.78 bits per heavy atom. The van der Waals surface area contributed by atoms with Crippen molar-refractivity contribution in [1.29, 1.82) is 0 Å². The summed E-state index contributed by atoms with van der Waals surface area (Å²) in [5.41, 5.74) is 1.73. The van der Waals surface area contributed by atoms with Gasteiger partial charge in [-0.1, -0.05) is 42.0 Å². The first-order valence-electron chi connectivity index (χ1n) is 11.5. The molecule has 0 bridgehead atoms. The third-order valence-electron chi connectivity index (χ3n) is 6.75. The molecule has 0 unspecified atom stereocenters. The molecule has 2 heterocycles. The molecule has 4 aromatic rings. The van der Waals surface area contributed by atoms with E-state index in [1.54, 1.807) is 25.1 Å². The number of aromatic carboxylic acids is 1. The van der Waals surface area contributed by atoms with Crippen molar-refractivity contribution in [2.45, 2.75) is 25.4 Å². The van der Waals surface area contributed by atoms with Crippen LogP contribution in [0.15, 0.2) is 60.7 Å². The van der Waals surface area contributed by atoms with Gasteiger partial charge in [-0.25, -0.2) is 18.4 Å². The minimum absolute atomic E-state index is 0.0272. The van der Waals surface area contributed by atoms with Crippen molar-refractivity contribution < 1.29 is 33.0 Å². The van der Waals surface area contributed by atoms with Crippen molar-refractivity contribution in [2.24, 2.45) is 0 Å². The summed E-state index contributed by atoms with van der Waals surface area (Å²) in [6, 6.07) is 12.6. The van der Waals surface area contributed by atoms with E-state index in [9.17, 15) is 23.9 Å². The molecule has 1 aliphatic heterocycles. The first-order chi connectivity index (χ1) is 17.7. The van der Waals surface area contributed by atoms with E-state index < -0.39 is 41.6 Å². The Labute approximate surface area is 210 Å². The van der Waals surface area contributed by atoms with Crippen LogP contribution in [0.1, 0.15) is 49.1 Å². The van der Waals surface area contributed by atoms with E-state index in [0.717, 1.165) is 16.4 Å². The van der Waals surface area contributed by atoms with Crippen molar-refractivity contribution in [3.63, 3.8) is 0 Å². The van der Waals surface area contributed by atoms with E-state index in [1.165, 1.54) is 31.4 Å². The lowest BCUT2D eigenvalue weighted by atomic mass is 9.86. The van der Waals surface area contributed by atoms with Gasteiger partial charge in [-0.15, -0.1) is 0 Å². The maximum atomic E-state index is 15.3. The van der Waals surface area contributed by atoms with Crippen molar-refractivity contribution in [2.75, 3.05) is 7.11 Å². The molecule has 1 aromatic heterocycles. The van der Waals surface area contributed by atoms with Crippen molar-refractivity contribution in [1.82, 2.24) is 9.88 Å². The lowest BCUT2D eigenvalue weighted by Gasteiger charge is -2.41. The van der Waals surface area contributed by atoms with E-state index in [-0.39, 0.29) is 23.1 Å². The molecule has 2 N–H and O–H groups in total. The third kappa shape index (κ3) is 3.92. The number of methoxy groups -OCH3 is 1. The number of aryl methyl sites for hydroxylation is 1. The van der Waals surface area contributed by atoms with Gasteiger partial charge in [-0.2, -0.15) is 0 Å². The highest BCUT2D eigenvalue weighted by Gasteiger charge is 2.46. The second kappa shape index (κ2) is 9.16. The van der Waals surface area contributed by atoms with E-state index in [0.29, 0.717) is 22.3 Å². The van der Waals surface area contributed by atoms with Gasteiger partial charge in [0.15, 0.2) is 11.6 Å². The molecule has 37 heavy (non-hydrogen) atoms. The van der Waals surface area contributed by atoms with Gasteiger partial charge in [0, 0.05) is 28.6 Å². The average Bonchev–Trinajstić information content (AvgIpc) is 3.27. The van der Waals surface area contributed by atoms with E-state index in [2.05, 4.69) is 4.98 Å². The van der Waals surface area contributed by atoms with Gasteiger partial charge in [0.05, 0.1) is 18.2 Å². The first-order valence-corrected chi connectivity index (χ1v) is 11.5. The lowest BCUT2D eigenvalue weighted by molar-refractivity contribution is -0.147. The fourth-order valence-electron chi connectivity index (χ4n) is 5.07. The summed E-state index contributed by atoms with van der Waals surface area (Å²) in [4.78, 5) is 43.5. The Hall–Kier alpha value is -4.53. The number of fused-ring (bicyclic) bond motifs is 3. The smallest absolute Gasteiger partial charge is 0.336 e. The predicted octanol–water partition coefficient (Wildman–Crippen LogP) is 4.78. The number of rotatable bonds is 4. The molecule has 188 valence electrons. The van der Waals surface area contributed by atoms with Gasteiger partial charge in [0.2, 0.25) is 0 Å². The van der Waals surface area contributed by atoms with Crippen LogP contribution in [0.2, 0.25) is 0 Å². The molecule has 7 nitrogen and oxygen atoms in total. The zero-order chi connectivity index (χ0) is 26.4. The number of nitrogens with one attached hydrogen (secondary N) is 1. The van der Waals surface area contributed by atoms with Gasteiger partial charge in [0.25, 0.3) is 5.91 Å². The molecule has 1 amide bonds. The number of esters is 1. The number of benzene rings is 3. The zero-order valence-electron chi connectivity index (χ0n) is 19.9. The number of aromatic amines is 1. The van der Waals surface area contributed by atoms with Crippen LogP contribution in [0.25, 0.3) is 10.9 Å². The Morgan fingerprint density at radius 3 is 2.51 bits per heavy atom. The van der Waals surface area contributed by atoms with Gasteiger partial charge in [-0.3, -0.25) is 4.79 Å². The molecule has 3 aromatic carbocycles. The normalized spacial score (nSPS) is 16.9. The number of carboxylic acid groups (broad SMARTS) is 1. The summed E-state index contributed by atoms with van der Waals surface area (Å²) in [7, 11) is 1.17. The number of carbonyl (C=O) groups excluding carboxylic acids is 2. The van der Waals surface area contributed by atoms with Crippen LogP contribution in [0, 0.1) is 18.6 Å². The van der Waals surface area contributed by atoms with Crippen LogP contribution in [0.3, 0.4) is 0 Å². The molecule has 0 fully saturated rings. The number of aromatic nitrogens is 1. The summed E-state index contributed by atoms with van der Waals surface area (Å²) in [5.74, 6) is -5.23. The zero-order valence-corrected chi connectivity index (χ0v) is 19.9. The maximum Gasteiger partial charge on any atom is 0.336 e. The molecule has 0 saturated carbocycles. The van der Waals surface area contributed by atoms with Gasteiger partial charge in [-0.05, 0) is 36.8 Å². The first kappa shape index (κ1) is 24.2. The fourth-order valence-corrected chi connectivity index (χ4v) is 5.07. The molecule has 0 radical (unpaired) electrons. The Balaban J connectivity index is 1.81. The number of hydrogen-bond donors (Lipinski definition) is 2. The van der Waals surface area contributed by atoms with Crippen LogP contribution < -0.4 is 0 Å². The number of amides is 1. The largest absolute Gasteiger partial charge is 0.478 e. The highest BCUT2D eigenvalue weighted by molar-refractivity contribution is 6.06. The Kier molecular flexibility index (Phi) is 5.99. The molecule has 9 heteroatoms. The van der Waals surface area contributed by atoms with Crippen LogP contribution in [-0.2, 0) is 16.0 Å². The number of carbonyl (C=O) groups is 3. The Bertz CT molecular complexity index is 1580. The van der Waals surface area contributed by atoms with Crippen LogP contribution in [-0.4, -0.2) is 46.0 Å². The molecule has 0 spiro atoms. The minimum atomic E-state index is -1.33. The predicted molar refractivity (Wildman–Crippen MR) is 130 cm³/mol. The second-order valence-electron chi connectivity index (χ2n) is 8.92. The average molecular weight is 504 g/mol. The monoisotopic (exact) mass is 504 g/mol. The number of carboxylic acids is 1. The second-order valence-corrected chi connectivity index (χ2v) is 8.92. The SMILES string of the molecule is COC(=O)[C@@H]1Cc2c([nH]c3ccccc23)[C@H](c2cccc(F)c2F)N1C(=O)c1ccc(C)cc1C(=O)O. The van der Waals surface area contributed by atoms with Crippen LogP contribution >= 0.6 is 0 Å². The van der Waals surface area contributed by atoms with E-state index in [4.69, 9.17) is 4.74 Å². The van der Waals surface area contributed by atoms with Crippen LogP contribution in [0.4, 0.5) is 8.78 Å². The lowest BCUT2D eigenvalue weighted by Crippen LogP contribution is -2.52. The topological polar surface area (TPSA) is 99.7 Å². The molecular weight excluding hydrogens is 482 g/mol. The van der Waals surface area contributed by atoms with Gasteiger partial charge in [0.1, 0.15) is 12.1 Å². The van der Waals surface area contributed by atoms with Crippen LogP contribution in [0.5, 0.6) is 0 Å². The number of para-hydroxylation sites is 1. The standard InChI is InChI=1S/C28H22F2N2O5/c1-14-10-11-16(19(12-14)27(34)35)26(33)32-22(28(36)37-2)13-18-15-6-3-4-9-21(15)31-24(18)25(32)17-7-5-8-20(29)23(17)30/h3-12,22,25,31H,13H2,1-2H3,(H,34,35)/t22-,25-/m0/s1. The van der Waals surface area contributed by atoms with E-state index in [1.807, 2.05) is 12.1 Å². The van der Waals surface area contributed by atoms with E-state index >= 15 is 4.39 Å². The summed E-state index contributed by atoms with van der Waals surface area (Å²) >= 11 is 0. The molecular formula is C28H22F2N2O5. The number of halogens is 2. The summed E-state index contributed by atoms with van der Waals surface area (Å²) in [5, 5.41) is 10.6. The minimum Gasteiger partial charge on any atom is -0.478 e. The summed E-state index contributed by atoms with van der Waals surface area (Å²) < 4.78 is 34.8. The number of H-pyrrole nitrogens is 1. The number of hydrogen-bond acceptors (Lipinski definition) is 4. The van der Waals surface area contributed by atoms with Crippen molar-refractivity contribution >= 4 is 28.7 Å². The quantitative estimate of drug-likeness (QED) is 0.390. The number of nitrogens with zero attached hydrogens (tertiary/aromatic N) is 1. The van der Waals surface area contributed by atoms with Gasteiger partial charge < -0.3 is 19.7 Å². The molecule has 2 atom stereocenters.